The van der Waals surface area contributed by atoms with E-state index in [2.05, 4.69) is 11.9 Å². The van der Waals surface area contributed by atoms with Crippen LogP contribution in [0.4, 0.5) is 4.39 Å². The summed E-state index contributed by atoms with van der Waals surface area (Å²) in [5.41, 5.74) is 2.53. The summed E-state index contributed by atoms with van der Waals surface area (Å²) in [6, 6.07) is 20.0. The average Bonchev–Trinajstić information content (AvgIpc) is 3.11. The third-order valence-corrected chi connectivity index (χ3v) is 6.17. The molecule has 1 aromatic heterocycles. The Labute approximate surface area is 172 Å². The van der Waals surface area contributed by atoms with Gasteiger partial charge in [0.05, 0.1) is 5.69 Å². The third kappa shape index (κ3) is 3.66. The first-order valence-corrected chi connectivity index (χ1v) is 10.5. The van der Waals surface area contributed by atoms with Gasteiger partial charge in [0, 0.05) is 17.0 Å². The number of hydrogen-bond donors (Lipinski definition) is 0. The van der Waals surface area contributed by atoms with Gasteiger partial charge in [-0.05, 0) is 60.0 Å². The number of halogens is 1. The molecule has 4 aromatic rings. The predicted octanol–water partition coefficient (Wildman–Crippen LogP) is 5.83. The highest BCUT2D eigenvalue weighted by Crippen LogP contribution is 2.27. The zero-order chi connectivity index (χ0) is 20.4. The number of carbonyl (C=O) groups excluding carboxylic acids is 1. The molecule has 0 aliphatic rings. The van der Waals surface area contributed by atoms with Gasteiger partial charge in [-0.1, -0.05) is 43.3 Å². The van der Waals surface area contributed by atoms with Gasteiger partial charge in [0.2, 0.25) is 0 Å². The number of thiazole rings is 1. The van der Waals surface area contributed by atoms with Crippen LogP contribution in [0.5, 0.6) is 0 Å². The minimum absolute atomic E-state index is 0.251. The van der Waals surface area contributed by atoms with Gasteiger partial charge in [-0.15, -0.1) is 11.3 Å². The molecular weight excluding hydrogens is 383 g/mol. The summed E-state index contributed by atoms with van der Waals surface area (Å²) in [5, 5.41) is 1.92. The summed E-state index contributed by atoms with van der Waals surface area (Å²) in [5.74, 6) is -0.514. The van der Waals surface area contributed by atoms with Crippen molar-refractivity contribution < 1.29 is 9.18 Å². The van der Waals surface area contributed by atoms with Crippen molar-refractivity contribution in [1.29, 1.82) is 0 Å². The van der Waals surface area contributed by atoms with Crippen LogP contribution in [0.25, 0.3) is 22.0 Å². The smallest absolute Gasteiger partial charge is 0.280 e. The summed E-state index contributed by atoms with van der Waals surface area (Å²) in [7, 11) is 0. The van der Waals surface area contributed by atoms with Gasteiger partial charge >= 0.3 is 0 Å². The van der Waals surface area contributed by atoms with Crippen molar-refractivity contribution in [3.05, 3.63) is 87.8 Å². The molecule has 3 aromatic carbocycles. The summed E-state index contributed by atoms with van der Waals surface area (Å²) in [6.45, 7) is 4.78. The molecule has 0 bridgehead atoms. The fourth-order valence-electron chi connectivity index (χ4n) is 3.56. The van der Waals surface area contributed by atoms with E-state index in [1.165, 1.54) is 23.5 Å². The van der Waals surface area contributed by atoms with Crippen molar-refractivity contribution in [2.45, 2.75) is 26.8 Å². The van der Waals surface area contributed by atoms with E-state index in [0.717, 1.165) is 33.3 Å². The van der Waals surface area contributed by atoms with Gasteiger partial charge in [0.25, 0.3) is 5.91 Å². The lowest BCUT2D eigenvalue weighted by Crippen LogP contribution is -2.17. The van der Waals surface area contributed by atoms with E-state index >= 15 is 0 Å². The second kappa shape index (κ2) is 8.13. The monoisotopic (exact) mass is 404 g/mol. The van der Waals surface area contributed by atoms with Crippen LogP contribution in [-0.4, -0.2) is 10.5 Å². The first-order valence-electron chi connectivity index (χ1n) is 9.67. The molecule has 5 heteroatoms. The molecule has 29 heavy (non-hydrogen) atoms. The summed E-state index contributed by atoms with van der Waals surface area (Å²) in [6.07, 6.45) is 0.815. The maximum atomic E-state index is 13.4. The Balaban J connectivity index is 1.87. The Kier molecular flexibility index (Phi) is 5.41. The molecule has 0 aliphatic carbocycles. The summed E-state index contributed by atoms with van der Waals surface area (Å²) < 4.78 is 15.4. The number of fused-ring (bicyclic) bond motifs is 1. The summed E-state index contributed by atoms with van der Waals surface area (Å²) >= 11 is 1.52. The zero-order valence-electron chi connectivity index (χ0n) is 16.4. The lowest BCUT2D eigenvalue weighted by molar-refractivity contribution is 0.0999. The van der Waals surface area contributed by atoms with E-state index in [1.807, 2.05) is 54.0 Å². The van der Waals surface area contributed by atoms with Crippen molar-refractivity contribution in [1.82, 2.24) is 4.57 Å². The molecule has 0 spiro atoms. The highest BCUT2D eigenvalue weighted by atomic mass is 32.1. The largest absolute Gasteiger partial charge is 0.316 e. The Morgan fingerprint density at radius 1 is 1.00 bits per heavy atom. The fraction of sp³-hybridized carbons (Fsp3) is 0.167. The molecule has 0 radical (unpaired) electrons. The molecule has 0 unspecified atom stereocenters. The van der Waals surface area contributed by atoms with Crippen LogP contribution < -0.4 is 4.80 Å². The van der Waals surface area contributed by atoms with Crippen LogP contribution in [0.3, 0.4) is 0 Å². The molecule has 0 atom stereocenters. The van der Waals surface area contributed by atoms with Crippen LogP contribution >= 0.6 is 11.3 Å². The molecule has 0 aliphatic heterocycles. The number of benzene rings is 3. The molecule has 146 valence electrons. The Hall–Kier alpha value is -3.05. The van der Waals surface area contributed by atoms with E-state index < -0.39 is 0 Å². The summed E-state index contributed by atoms with van der Waals surface area (Å²) in [4.78, 5) is 19.4. The van der Waals surface area contributed by atoms with Crippen molar-refractivity contribution >= 4 is 28.0 Å². The Bertz CT molecular complexity index is 1250. The third-order valence-electron chi connectivity index (χ3n) is 4.95. The molecule has 3 nitrogen and oxygen atoms in total. The van der Waals surface area contributed by atoms with Gasteiger partial charge in [-0.3, -0.25) is 4.79 Å². The van der Waals surface area contributed by atoms with Crippen LogP contribution in [0.15, 0.2) is 71.7 Å². The van der Waals surface area contributed by atoms with E-state index in [0.29, 0.717) is 16.9 Å². The number of hydrogen-bond acceptors (Lipinski definition) is 2. The minimum atomic E-state index is -0.263. The van der Waals surface area contributed by atoms with Crippen molar-refractivity contribution in [3.8, 4) is 11.3 Å². The number of rotatable bonds is 4. The van der Waals surface area contributed by atoms with Crippen LogP contribution in [0.1, 0.15) is 29.1 Å². The van der Waals surface area contributed by atoms with Crippen molar-refractivity contribution in [2.75, 3.05) is 0 Å². The highest BCUT2D eigenvalue weighted by Gasteiger charge is 2.15. The maximum Gasteiger partial charge on any atom is 0.280 e. The number of carbonyl (C=O) groups is 1. The molecule has 0 fully saturated rings. The lowest BCUT2D eigenvalue weighted by Gasteiger charge is -2.08. The average molecular weight is 405 g/mol. The predicted molar refractivity (Wildman–Crippen MR) is 117 cm³/mol. The molecule has 4 rings (SSSR count). The maximum absolute atomic E-state index is 13.4. The Morgan fingerprint density at radius 3 is 2.45 bits per heavy atom. The number of aromatic nitrogens is 1. The topological polar surface area (TPSA) is 34.4 Å². The van der Waals surface area contributed by atoms with E-state index in [4.69, 9.17) is 0 Å². The van der Waals surface area contributed by atoms with Gasteiger partial charge in [-0.2, -0.15) is 4.99 Å². The highest BCUT2D eigenvalue weighted by molar-refractivity contribution is 7.09. The van der Waals surface area contributed by atoms with Gasteiger partial charge in [0.1, 0.15) is 5.82 Å². The second-order valence-electron chi connectivity index (χ2n) is 6.70. The number of amides is 1. The van der Waals surface area contributed by atoms with E-state index in [1.54, 1.807) is 12.1 Å². The molecule has 1 heterocycles. The molecule has 0 saturated carbocycles. The molecular formula is C24H21FN2OS. The fourth-order valence-corrected chi connectivity index (χ4v) is 4.71. The van der Waals surface area contributed by atoms with Gasteiger partial charge in [0.15, 0.2) is 4.80 Å². The molecule has 1 amide bonds. The van der Waals surface area contributed by atoms with E-state index in [-0.39, 0.29) is 11.7 Å². The number of nitrogens with zero attached hydrogens (tertiary/aromatic N) is 2. The van der Waals surface area contributed by atoms with E-state index in [9.17, 15) is 9.18 Å². The van der Waals surface area contributed by atoms with Crippen LogP contribution in [-0.2, 0) is 13.0 Å². The first-order chi connectivity index (χ1) is 14.1. The lowest BCUT2D eigenvalue weighted by atomic mass is 10.0. The number of aryl methyl sites for hydroxylation is 1. The Morgan fingerprint density at radius 2 is 1.72 bits per heavy atom. The minimum Gasteiger partial charge on any atom is -0.316 e. The normalized spacial score (nSPS) is 11.9. The quantitative estimate of drug-likeness (QED) is 0.421. The zero-order valence-corrected chi connectivity index (χ0v) is 17.2. The van der Waals surface area contributed by atoms with Crippen molar-refractivity contribution in [2.24, 2.45) is 4.99 Å². The van der Waals surface area contributed by atoms with Crippen LogP contribution in [0, 0.1) is 5.82 Å². The molecule has 0 N–H and O–H groups in total. The van der Waals surface area contributed by atoms with Gasteiger partial charge in [-0.25, -0.2) is 4.39 Å². The standard InChI is InChI=1S/C24H21FN2OS/c1-3-21-22(17-12-14-18(25)15-13-17)27(4-2)24(29-21)26-23(28)20-11-7-9-16-8-5-6-10-19(16)20/h5-15H,3-4H2,1-2H3. The van der Waals surface area contributed by atoms with Crippen molar-refractivity contribution in [3.63, 3.8) is 0 Å². The van der Waals surface area contributed by atoms with Gasteiger partial charge < -0.3 is 4.57 Å². The van der Waals surface area contributed by atoms with Crippen LogP contribution in [0.2, 0.25) is 0 Å². The first kappa shape index (κ1) is 19.3. The second-order valence-corrected chi connectivity index (χ2v) is 7.77. The SMILES string of the molecule is CCc1sc(=NC(=O)c2cccc3ccccc23)n(CC)c1-c1ccc(F)cc1. The molecule has 0 saturated heterocycles.